The number of halogens is 1. The Bertz CT molecular complexity index is 544. The van der Waals surface area contributed by atoms with Gasteiger partial charge < -0.3 is 10.4 Å². The fourth-order valence-corrected chi connectivity index (χ4v) is 4.16. The Balaban J connectivity index is 1.93. The number of aliphatic hydroxyl groups excluding tert-OH is 1. The van der Waals surface area contributed by atoms with Crippen molar-refractivity contribution in [2.24, 2.45) is 0 Å². The predicted molar refractivity (Wildman–Crippen MR) is 75.6 cm³/mol. The predicted octanol–water partition coefficient (Wildman–Crippen LogP) is 1.41. The van der Waals surface area contributed by atoms with E-state index in [1.165, 1.54) is 30.5 Å². The van der Waals surface area contributed by atoms with Crippen LogP contribution in [0.25, 0.3) is 0 Å². The van der Waals surface area contributed by atoms with Crippen LogP contribution in [0.5, 0.6) is 0 Å². The van der Waals surface area contributed by atoms with Crippen LogP contribution in [-0.4, -0.2) is 37.6 Å². The molecule has 1 aliphatic rings. The summed E-state index contributed by atoms with van der Waals surface area (Å²) in [5.41, 5.74) is 0.618. The standard InChI is InChI=1S/C14H20FNO3S/c1-20(18,19)14-4-2-3-12(14)16-9-13(17)10-5-7-11(15)8-6-10/h5-8,12-14,16-17H,2-4,9H2,1H3. The van der Waals surface area contributed by atoms with Crippen LogP contribution in [-0.2, 0) is 9.84 Å². The van der Waals surface area contributed by atoms with Crippen LogP contribution in [0.15, 0.2) is 24.3 Å². The van der Waals surface area contributed by atoms with E-state index in [2.05, 4.69) is 5.32 Å². The lowest BCUT2D eigenvalue weighted by Crippen LogP contribution is -2.41. The average Bonchev–Trinajstić information content (AvgIpc) is 2.85. The summed E-state index contributed by atoms with van der Waals surface area (Å²) in [5, 5.41) is 12.8. The lowest BCUT2D eigenvalue weighted by atomic mass is 10.1. The molecule has 1 aromatic rings. The quantitative estimate of drug-likeness (QED) is 0.863. The third-order valence-corrected chi connectivity index (χ3v) is 5.49. The number of benzene rings is 1. The first-order valence-corrected chi connectivity index (χ1v) is 8.69. The van der Waals surface area contributed by atoms with Crippen molar-refractivity contribution in [3.05, 3.63) is 35.6 Å². The number of aliphatic hydroxyl groups is 1. The van der Waals surface area contributed by atoms with Crippen molar-refractivity contribution in [2.45, 2.75) is 36.7 Å². The van der Waals surface area contributed by atoms with Gasteiger partial charge in [0, 0.05) is 18.8 Å². The molecule has 2 N–H and O–H groups in total. The Morgan fingerprint density at radius 1 is 1.35 bits per heavy atom. The van der Waals surface area contributed by atoms with Gasteiger partial charge >= 0.3 is 0 Å². The zero-order chi connectivity index (χ0) is 14.8. The molecule has 0 spiro atoms. The highest BCUT2D eigenvalue weighted by atomic mass is 32.2. The van der Waals surface area contributed by atoms with Gasteiger partial charge in [-0.2, -0.15) is 0 Å². The molecule has 3 atom stereocenters. The van der Waals surface area contributed by atoms with Crippen molar-refractivity contribution < 1.29 is 17.9 Å². The van der Waals surface area contributed by atoms with Gasteiger partial charge in [-0.3, -0.25) is 0 Å². The van der Waals surface area contributed by atoms with Gasteiger partial charge in [0.15, 0.2) is 9.84 Å². The minimum absolute atomic E-state index is 0.111. The van der Waals surface area contributed by atoms with E-state index in [4.69, 9.17) is 0 Å². The minimum Gasteiger partial charge on any atom is -0.387 e. The molecule has 3 unspecified atom stereocenters. The van der Waals surface area contributed by atoms with Crippen LogP contribution in [0, 0.1) is 5.82 Å². The molecule has 0 radical (unpaired) electrons. The van der Waals surface area contributed by atoms with E-state index in [0.717, 1.165) is 12.8 Å². The van der Waals surface area contributed by atoms with Crippen LogP contribution in [0.1, 0.15) is 30.9 Å². The Morgan fingerprint density at radius 3 is 2.60 bits per heavy atom. The molecule has 0 aromatic heterocycles. The first kappa shape index (κ1) is 15.4. The van der Waals surface area contributed by atoms with Gasteiger partial charge in [-0.25, -0.2) is 12.8 Å². The Morgan fingerprint density at radius 2 is 2.00 bits per heavy atom. The fraction of sp³-hybridized carbons (Fsp3) is 0.571. The molecular formula is C14H20FNO3S. The Hall–Kier alpha value is -0.980. The van der Waals surface area contributed by atoms with E-state index < -0.39 is 15.9 Å². The molecule has 1 saturated carbocycles. The molecule has 0 bridgehead atoms. The molecule has 0 amide bonds. The summed E-state index contributed by atoms with van der Waals surface area (Å²) >= 11 is 0. The molecule has 4 nitrogen and oxygen atoms in total. The molecule has 0 heterocycles. The van der Waals surface area contributed by atoms with Crippen molar-refractivity contribution in [2.75, 3.05) is 12.8 Å². The largest absolute Gasteiger partial charge is 0.387 e. The molecule has 112 valence electrons. The fourth-order valence-electron chi connectivity index (χ4n) is 2.74. The smallest absolute Gasteiger partial charge is 0.151 e. The Labute approximate surface area is 118 Å². The maximum Gasteiger partial charge on any atom is 0.151 e. The zero-order valence-electron chi connectivity index (χ0n) is 11.4. The summed E-state index contributed by atoms with van der Waals surface area (Å²) in [6.45, 7) is 0.266. The molecular weight excluding hydrogens is 281 g/mol. The average molecular weight is 301 g/mol. The van der Waals surface area contributed by atoms with E-state index in [1.807, 2.05) is 0 Å². The first-order valence-electron chi connectivity index (χ1n) is 6.73. The van der Waals surface area contributed by atoms with Gasteiger partial charge in [0.1, 0.15) is 5.82 Å². The summed E-state index contributed by atoms with van der Waals surface area (Å²) in [6.07, 6.45) is 2.84. The molecule has 1 aromatic carbocycles. The molecule has 2 rings (SSSR count). The molecule has 20 heavy (non-hydrogen) atoms. The van der Waals surface area contributed by atoms with Gasteiger partial charge in [-0.1, -0.05) is 18.6 Å². The third-order valence-electron chi connectivity index (χ3n) is 3.83. The summed E-state index contributed by atoms with van der Waals surface area (Å²) in [7, 11) is -3.06. The van der Waals surface area contributed by atoms with Gasteiger partial charge in [0.05, 0.1) is 11.4 Å². The number of sulfone groups is 1. The highest BCUT2D eigenvalue weighted by Crippen LogP contribution is 2.25. The van der Waals surface area contributed by atoms with Crippen LogP contribution >= 0.6 is 0 Å². The lowest BCUT2D eigenvalue weighted by Gasteiger charge is -2.21. The SMILES string of the molecule is CS(=O)(=O)C1CCCC1NCC(O)c1ccc(F)cc1. The topological polar surface area (TPSA) is 66.4 Å². The molecule has 1 aliphatic carbocycles. The van der Waals surface area contributed by atoms with Crippen molar-refractivity contribution in [1.82, 2.24) is 5.32 Å². The highest BCUT2D eigenvalue weighted by Gasteiger charge is 2.34. The normalized spacial score (nSPS) is 24.8. The van der Waals surface area contributed by atoms with E-state index in [-0.39, 0.29) is 23.7 Å². The van der Waals surface area contributed by atoms with Gasteiger partial charge in [-0.05, 0) is 30.5 Å². The van der Waals surface area contributed by atoms with Crippen LogP contribution in [0.3, 0.4) is 0 Å². The lowest BCUT2D eigenvalue weighted by molar-refractivity contribution is 0.170. The zero-order valence-corrected chi connectivity index (χ0v) is 12.2. The van der Waals surface area contributed by atoms with Crippen molar-refractivity contribution in [3.8, 4) is 0 Å². The van der Waals surface area contributed by atoms with Crippen molar-refractivity contribution in [1.29, 1.82) is 0 Å². The van der Waals surface area contributed by atoms with E-state index in [1.54, 1.807) is 0 Å². The van der Waals surface area contributed by atoms with Crippen LogP contribution in [0.4, 0.5) is 4.39 Å². The number of rotatable bonds is 5. The molecule has 0 aliphatic heterocycles. The summed E-state index contributed by atoms with van der Waals surface area (Å²) in [5.74, 6) is -0.346. The molecule has 1 fully saturated rings. The maximum atomic E-state index is 12.8. The maximum absolute atomic E-state index is 12.8. The second-order valence-electron chi connectivity index (χ2n) is 5.38. The van der Waals surface area contributed by atoms with Gasteiger partial charge in [0.25, 0.3) is 0 Å². The second-order valence-corrected chi connectivity index (χ2v) is 7.65. The number of hydrogen-bond acceptors (Lipinski definition) is 4. The van der Waals surface area contributed by atoms with Crippen molar-refractivity contribution in [3.63, 3.8) is 0 Å². The van der Waals surface area contributed by atoms with E-state index in [9.17, 15) is 17.9 Å². The minimum atomic E-state index is -3.06. The highest BCUT2D eigenvalue weighted by molar-refractivity contribution is 7.91. The van der Waals surface area contributed by atoms with E-state index >= 15 is 0 Å². The summed E-state index contributed by atoms with van der Waals surface area (Å²) < 4.78 is 36.1. The second kappa shape index (κ2) is 6.20. The number of nitrogens with one attached hydrogen (secondary N) is 1. The van der Waals surface area contributed by atoms with Gasteiger partial charge in [0.2, 0.25) is 0 Å². The monoisotopic (exact) mass is 301 g/mol. The summed E-state index contributed by atoms with van der Waals surface area (Å²) in [4.78, 5) is 0. The molecule has 0 saturated heterocycles. The first-order chi connectivity index (χ1) is 9.38. The Kier molecular flexibility index (Phi) is 4.78. The number of hydrogen-bond donors (Lipinski definition) is 2. The van der Waals surface area contributed by atoms with E-state index in [0.29, 0.717) is 12.0 Å². The third kappa shape index (κ3) is 3.77. The molecule has 6 heteroatoms. The van der Waals surface area contributed by atoms with Crippen LogP contribution < -0.4 is 5.32 Å². The van der Waals surface area contributed by atoms with Crippen molar-refractivity contribution >= 4 is 9.84 Å². The van der Waals surface area contributed by atoms with Crippen LogP contribution in [0.2, 0.25) is 0 Å². The summed E-state index contributed by atoms with van der Waals surface area (Å²) in [6, 6.07) is 5.55. The van der Waals surface area contributed by atoms with Gasteiger partial charge in [-0.15, -0.1) is 0 Å².